The van der Waals surface area contributed by atoms with Gasteiger partial charge in [0.25, 0.3) is 0 Å². The van der Waals surface area contributed by atoms with E-state index in [4.69, 9.17) is 11.6 Å². The number of rotatable bonds is 1. The maximum atomic E-state index is 11.2. The second kappa shape index (κ2) is 3.43. The maximum Gasteiger partial charge on any atom is 0.140 e. The Labute approximate surface area is 90.2 Å². The van der Waals surface area contributed by atoms with Crippen LogP contribution in [0.25, 0.3) is 0 Å². The minimum Gasteiger partial charge on any atom is -0.299 e. The molecule has 1 aromatic carbocycles. The van der Waals surface area contributed by atoms with E-state index in [2.05, 4.69) is 15.9 Å². The molecule has 0 radical (unpaired) electrons. The minimum absolute atomic E-state index is 0.103. The molecule has 0 aromatic heterocycles. The van der Waals surface area contributed by atoms with E-state index in [1.165, 1.54) is 0 Å². The summed E-state index contributed by atoms with van der Waals surface area (Å²) in [5, 5.41) is 0.697. The van der Waals surface area contributed by atoms with Gasteiger partial charge in [0.2, 0.25) is 0 Å². The molecule has 1 atom stereocenters. The van der Waals surface area contributed by atoms with Crippen molar-refractivity contribution in [3.8, 4) is 0 Å². The van der Waals surface area contributed by atoms with Crippen LogP contribution in [-0.4, -0.2) is 5.78 Å². The Bertz CT molecular complexity index is 362. The highest BCUT2D eigenvalue weighted by molar-refractivity contribution is 9.10. The number of Topliss-reactive ketones (excluding diaryl/α,β-unsaturated/α-hetero) is 1. The number of ketones is 1. The van der Waals surface area contributed by atoms with Crippen molar-refractivity contribution in [2.45, 2.75) is 18.8 Å². The third-order valence-corrected chi connectivity index (χ3v) is 3.33. The van der Waals surface area contributed by atoms with E-state index < -0.39 is 0 Å². The summed E-state index contributed by atoms with van der Waals surface area (Å²) in [5.74, 6) is 0.440. The van der Waals surface area contributed by atoms with Gasteiger partial charge in [-0.05, 0) is 24.1 Å². The lowest BCUT2D eigenvalue weighted by atomic mass is 9.79. The molecule has 3 heteroatoms. The number of benzene rings is 1. The zero-order valence-corrected chi connectivity index (χ0v) is 9.23. The van der Waals surface area contributed by atoms with Crippen molar-refractivity contribution in [3.63, 3.8) is 0 Å². The lowest BCUT2D eigenvalue weighted by Gasteiger charge is -2.25. The lowest BCUT2D eigenvalue weighted by Crippen LogP contribution is -2.23. The van der Waals surface area contributed by atoms with Crippen LogP contribution in [0, 0.1) is 0 Å². The van der Waals surface area contributed by atoms with Crippen LogP contribution >= 0.6 is 27.5 Å². The summed E-state index contributed by atoms with van der Waals surface area (Å²) in [6.07, 6.45) is 1.69. The van der Waals surface area contributed by atoms with E-state index in [-0.39, 0.29) is 5.92 Å². The molecule has 1 aliphatic rings. The normalized spacial score (nSPS) is 21.4. The number of carbonyl (C=O) groups is 1. The molecule has 2 rings (SSSR count). The van der Waals surface area contributed by atoms with Gasteiger partial charge in [0.15, 0.2) is 0 Å². The molecular weight excluding hydrogens is 251 g/mol. The zero-order chi connectivity index (χ0) is 9.42. The highest BCUT2D eigenvalue weighted by atomic mass is 79.9. The zero-order valence-electron chi connectivity index (χ0n) is 6.89. The molecule has 0 saturated heterocycles. The fourth-order valence-electron chi connectivity index (χ4n) is 1.52. The molecule has 0 aliphatic heterocycles. The summed E-state index contributed by atoms with van der Waals surface area (Å²) >= 11 is 9.22. The van der Waals surface area contributed by atoms with Crippen molar-refractivity contribution in [2.24, 2.45) is 0 Å². The first-order chi connectivity index (χ1) is 6.18. The highest BCUT2D eigenvalue weighted by Gasteiger charge is 2.30. The number of halogens is 2. The molecule has 1 aliphatic carbocycles. The highest BCUT2D eigenvalue weighted by Crippen LogP contribution is 2.37. The molecule has 1 aromatic rings. The Balaban J connectivity index is 2.35. The molecule has 0 bridgehead atoms. The van der Waals surface area contributed by atoms with Crippen LogP contribution in [-0.2, 0) is 4.79 Å². The molecule has 68 valence electrons. The third kappa shape index (κ3) is 1.65. The first-order valence-corrected chi connectivity index (χ1v) is 5.33. The fraction of sp³-hybridized carbons (Fsp3) is 0.300. The second-order valence-electron chi connectivity index (χ2n) is 3.22. The summed E-state index contributed by atoms with van der Waals surface area (Å²) in [6, 6.07) is 5.59. The van der Waals surface area contributed by atoms with Gasteiger partial charge >= 0.3 is 0 Å². The Morgan fingerprint density at radius 2 is 2.23 bits per heavy atom. The molecule has 13 heavy (non-hydrogen) atoms. The maximum absolute atomic E-state index is 11.2. The van der Waals surface area contributed by atoms with Gasteiger partial charge in [-0.3, -0.25) is 4.79 Å². The van der Waals surface area contributed by atoms with Crippen molar-refractivity contribution in [3.05, 3.63) is 33.3 Å². The van der Waals surface area contributed by atoms with Gasteiger partial charge in [-0.2, -0.15) is 0 Å². The summed E-state index contributed by atoms with van der Waals surface area (Å²) in [5.41, 5.74) is 1.07. The first kappa shape index (κ1) is 9.22. The van der Waals surface area contributed by atoms with Gasteiger partial charge in [0, 0.05) is 21.8 Å². The van der Waals surface area contributed by atoms with Gasteiger partial charge in [-0.25, -0.2) is 0 Å². The number of carbonyl (C=O) groups excluding carboxylic acids is 1. The van der Waals surface area contributed by atoms with Gasteiger partial charge in [-0.1, -0.05) is 33.6 Å². The number of hydrogen-bond acceptors (Lipinski definition) is 1. The topological polar surface area (TPSA) is 17.1 Å². The summed E-state index contributed by atoms with van der Waals surface area (Å²) < 4.78 is 0.943. The average molecular weight is 260 g/mol. The second-order valence-corrected chi connectivity index (χ2v) is 4.51. The van der Waals surface area contributed by atoms with Crippen LogP contribution in [0.1, 0.15) is 24.3 Å². The lowest BCUT2D eigenvalue weighted by molar-refractivity contribution is -0.125. The molecule has 1 fully saturated rings. The Hall–Kier alpha value is -0.340. The minimum atomic E-state index is 0.103. The number of hydrogen-bond donors (Lipinski definition) is 0. The standard InChI is InChI=1S/C10H8BrClO/c11-9-5-6(12)1-2-7(9)8-3-4-10(8)13/h1-2,5,8H,3-4H2. The van der Waals surface area contributed by atoms with Crippen molar-refractivity contribution in [1.29, 1.82) is 0 Å². The summed E-state index contributed by atoms with van der Waals surface area (Å²) in [6.45, 7) is 0. The van der Waals surface area contributed by atoms with Crippen LogP contribution in [0.2, 0.25) is 5.02 Å². The van der Waals surface area contributed by atoms with Gasteiger partial charge in [0.1, 0.15) is 5.78 Å². The Morgan fingerprint density at radius 1 is 1.46 bits per heavy atom. The first-order valence-electron chi connectivity index (χ1n) is 4.16. The van der Waals surface area contributed by atoms with Crippen LogP contribution in [0.4, 0.5) is 0 Å². The molecule has 0 N–H and O–H groups in total. The predicted molar refractivity (Wildman–Crippen MR) is 56.1 cm³/mol. The molecule has 1 unspecified atom stereocenters. The van der Waals surface area contributed by atoms with Crippen LogP contribution in [0.5, 0.6) is 0 Å². The average Bonchev–Trinajstić information content (AvgIpc) is 2.07. The van der Waals surface area contributed by atoms with Crippen molar-refractivity contribution >= 4 is 33.3 Å². The smallest absolute Gasteiger partial charge is 0.140 e. The summed E-state index contributed by atoms with van der Waals surface area (Å²) in [7, 11) is 0. The molecular formula is C10H8BrClO. The van der Waals surface area contributed by atoms with Crippen molar-refractivity contribution in [1.82, 2.24) is 0 Å². The van der Waals surface area contributed by atoms with Crippen LogP contribution in [0.3, 0.4) is 0 Å². The molecule has 1 saturated carbocycles. The SMILES string of the molecule is O=C1CCC1c1ccc(Cl)cc1Br. The predicted octanol–water partition coefficient (Wildman–Crippen LogP) is 3.55. The van der Waals surface area contributed by atoms with Gasteiger partial charge in [0.05, 0.1) is 0 Å². The fourth-order valence-corrected chi connectivity index (χ4v) is 2.48. The molecule has 0 amide bonds. The van der Waals surface area contributed by atoms with Crippen molar-refractivity contribution < 1.29 is 4.79 Å². The van der Waals surface area contributed by atoms with E-state index >= 15 is 0 Å². The van der Waals surface area contributed by atoms with Crippen molar-refractivity contribution in [2.75, 3.05) is 0 Å². The quantitative estimate of drug-likeness (QED) is 0.754. The van der Waals surface area contributed by atoms with E-state index in [1.54, 1.807) is 0 Å². The van der Waals surface area contributed by atoms with E-state index in [0.717, 1.165) is 22.9 Å². The van der Waals surface area contributed by atoms with E-state index in [0.29, 0.717) is 10.8 Å². The molecule has 0 spiro atoms. The molecule has 0 heterocycles. The van der Waals surface area contributed by atoms with Crippen LogP contribution in [0.15, 0.2) is 22.7 Å². The third-order valence-electron chi connectivity index (χ3n) is 2.41. The van der Waals surface area contributed by atoms with E-state index in [1.807, 2.05) is 18.2 Å². The largest absolute Gasteiger partial charge is 0.299 e. The summed E-state index contributed by atoms with van der Waals surface area (Å²) in [4.78, 5) is 11.2. The van der Waals surface area contributed by atoms with Crippen LogP contribution < -0.4 is 0 Å². The Kier molecular flexibility index (Phi) is 2.43. The van der Waals surface area contributed by atoms with Gasteiger partial charge < -0.3 is 0 Å². The van der Waals surface area contributed by atoms with Gasteiger partial charge in [-0.15, -0.1) is 0 Å². The Morgan fingerprint density at radius 3 is 2.69 bits per heavy atom. The van der Waals surface area contributed by atoms with E-state index in [9.17, 15) is 4.79 Å². The monoisotopic (exact) mass is 258 g/mol. The molecule has 1 nitrogen and oxygen atoms in total.